The average Bonchev–Trinajstić information content (AvgIpc) is 3.30. The van der Waals surface area contributed by atoms with E-state index in [-0.39, 0.29) is 11.8 Å². The zero-order valence-electron chi connectivity index (χ0n) is 16.3. The number of amides is 1. The Morgan fingerprint density at radius 3 is 2.62 bits per heavy atom. The third-order valence-corrected chi connectivity index (χ3v) is 6.43. The summed E-state index contributed by atoms with van der Waals surface area (Å²) in [7, 11) is 0. The molecule has 4 nitrogen and oxygen atoms in total. The highest BCUT2D eigenvalue weighted by Gasteiger charge is 2.54. The molecular weight excluding hydrogens is 358 g/mol. The van der Waals surface area contributed by atoms with Crippen LogP contribution in [0, 0.1) is 5.92 Å². The van der Waals surface area contributed by atoms with Crippen molar-refractivity contribution in [3.05, 3.63) is 95.6 Å². The van der Waals surface area contributed by atoms with Crippen LogP contribution >= 0.6 is 0 Å². The molecular formula is C25H25N3O. The van der Waals surface area contributed by atoms with Crippen molar-refractivity contribution >= 4 is 17.3 Å². The molecule has 29 heavy (non-hydrogen) atoms. The summed E-state index contributed by atoms with van der Waals surface area (Å²) in [4.78, 5) is 15.9. The Labute approximate surface area is 171 Å². The van der Waals surface area contributed by atoms with Crippen LogP contribution in [0.4, 0.5) is 11.4 Å². The third kappa shape index (κ3) is 2.91. The highest BCUT2D eigenvalue weighted by atomic mass is 16.2. The SMILES string of the molecule is Nc1cccc(CN2CC[C@@H](C3(c4ccccc4)C(=O)Nc4ccccc43)C2)c1. The molecule has 0 aromatic heterocycles. The molecule has 0 spiro atoms. The number of benzene rings is 3. The molecule has 1 fully saturated rings. The average molecular weight is 383 g/mol. The van der Waals surface area contributed by atoms with Gasteiger partial charge in [0.15, 0.2) is 0 Å². The lowest BCUT2D eigenvalue weighted by atomic mass is 9.66. The zero-order chi connectivity index (χ0) is 19.8. The molecule has 0 bridgehead atoms. The van der Waals surface area contributed by atoms with Crippen molar-refractivity contribution in [3.8, 4) is 0 Å². The summed E-state index contributed by atoms with van der Waals surface area (Å²) in [5.41, 5.74) is 10.5. The van der Waals surface area contributed by atoms with Crippen molar-refractivity contribution in [2.75, 3.05) is 24.1 Å². The number of nitrogens with zero attached hydrogens (tertiary/aromatic N) is 1. The molecule has 1 saturated heterocycles. The highest BCUT2D eigenvalue weighted by Crippen LogP contribution is 2.50. The number of nitrogens with two attached hydrogens (primary N) is 1. The second kappa shape index (κ2) is 7.05. The van der Waals surface area contributed by atoms with Gasteiger partial charge in [0.1, 0.15) is 5.41 Å². The van der Waals surface area contributed by atoms with Crippen LogP contribution < -0.4 is 11.1 Å². The normalized spacial score (nSPS) is 23.7. The number of nitrogen functional groups attached to an aromatic ring is 1. The molecule has 2 aliphatic heterocycles. The molecule has 1 amide bonds. The molecule has 0 aliphatic carbocycles. The van der Waals surface area contributed by atoms with Gasteiger partial charge in [-0.15, -0.1) is 0 Å². The monoisotopic (exact) mass is 383 g/mol. The molecule has 4 heteroatoms. The first kappa shape index (κ1) is 18.0. The predicted octanol–water partition coefficient (Wildman–Crippen LogP) is 4.03. The van der Waals surface area contributed by atoms with E-state index in [9.17, 15) is 4.79 Å². The van der Waals surface area contributed by atoms with Crippen molar-refractivity contribution < 1.29 is 4.79 Å². The van der Waals surface area contributed by atoms with E-state index in [1.807, 2.05) is 54.6 Å². The second-order valence-electron chi connectivity index (χ2n) is 8.14. The van der Waals surface area contributed by atoms with Crippen LogP contribution in [-0.2, 0) is 16.8 Å². The Balaban J connectivity index is 1.52. The number of nitrogens with one attached hydrogen (secondary N) is 1. The summed E-state index contributed by atoms with van der Waals surface area (Å²) in [6, 6.07) is 26.5. The smallest absolute Gasteiger partial charge is 0.239 e. The summed E-state index contributed by atoms with van der Waals surface area (Å²) >= 11 is 0. The van der Waals surface area contributed by atoms with E-state index >= 15 is 0 Å². The highest BCUT2D eigenvalue weighted by molar-refractivity contribution is 6.09. The summed E-state index contributed by atoms with van der Waals surface area (Å²) in [5.74, 6) is 0.315. The van der Waals surface area contributed by atoms with Crippen LogP contribution in [0.3, 0.4) is 0 Å². The number of likely N-dealkylation sites (tertiary alicyclic amines) is 1. The topological polar surface area (TPSA) is 58.4 Å². The van der Waals surface area contributed by atoms with Gasteiger partial charge < -0.3 is 11.1 Å². The number of carbonyl (C=O) groups excluding carboxylic acids is 1. The van der Waals surface area contributed by atoms with E-state index in [1.165, 1.54) is 5.56 Å². The van der Waals surface area contributed by atoms with E-state index in [0.717, 1.165) is 48.6 Å². The largest absolute Gasteiger partial charge is 0.399 e. The van der Waals surface area contributed by atoms with Crippen molar-refractivity contribution in [1.82, 2.24) is 4.90 Å². The van der Waals surface area contributed by atoms with Gasteiger partial charge in [-0.1, -0.05) is 60.7 Å². The molecule has 3 N–H and O–H groups in total. The number of fused-ring (bicyclic) bond motifs is 1. The minimum atomic E-state index is -0.637. The van der Waals surface area contributed by atoms with Crippen LogP contribution in [0.1, 0.15) is 23.1 Å². The number of para-hydroxylation sites is 1. The van der Waals surface area contributed by atoms with Crippen LogP contribution in [0.5, 0.6) is 0 Å². The maximum Gasteiger partial charge on any atom is 0.239 e. The molecule has 3 aromatic rings. The zero-order valence-corrected chi connectivity index (χ0v) is 16.3. The van der Waals surface area contributed by atoms with Gasteiger partial charge in [-0.3, -0.25) is 9.69 Å². The molecule has 2 aliphatic rings. The fourth-order valence-electron chi connectivity index (χ4n) is 5.19. The number of rotatable bonds is 4. The minimum absolute atomic E-state index is 0.0979. The molecule has 2 atom stereocenters. The fourth-order valence-corrected chi connectivity index (χ4v) is 5.19. The summed E-state index contributed by atoms with van der Waals surface area (Å²) in [6.45, 7) is 2.71. The molecule has 2 heterocycles. The summed E-state index contributed by atoms with van der Waals surface area (Å²) in [5, 5.41) is 3.16. The van der Waals surface area contributed by atoms with Gasteiger partial charge in [-0.25, -0.2) is 0 Å². The standard InChI is InChI=1S/C25H25N3O/c26-21-10-6-7-18(15-21)16-28-14-13-20(17-28)25(19-8-2-1-3-9-19)22-11-4-5-12-23(22)27-24(25)29/h1-12,15,20H,13-14,16-17,26H2,(H,27,29)/t20-,25?/m1/s1. The Hall–Kier alpha value is -3.11. The second-order valence-corrected chi connectivity index (χ2v) is 8.14. The number of anilines is 2. The van der Waals surface area contributed by atoms with Gasteiger partial charge in [-0.2, -0.15) is 0 Å². The quantitative estimate of drug-likeness (QED) is 0.669. The lowest BCUT2D eigenvalue weighted by Gasteiger charge is -2.34. The lowest BCUT2D eigenvalue weighted by Crippen LogP contribution is -2.44. The van der Waals surface area contributed by atoms with Gasteiger partial charge in [0.25, 0.3) is 0 Å². The molecule has 3 aromatic carbocycles. The van der Waals surface area contributed by atoms with Gasteiger partial charge in [0, 0.05) is 24.5 Å². The third-order valence-electron chi connectivity index (χ3n) is 6.43. The molecule has 146 valence electrons. The number of hydrogen-bond donors (Lipinski definition) is 2. The van der Waals surface area contributed by atoms with E-state index < -0.39 is 5.41 Å². The van der Waals surface area contributed by atoms with Crippen LogP contribution in [-0.4, -0.2) is 23.9 Å². The van der Waals surface area contributed by atoms with E-state index in [2.05, 4.69) is 34.5 Å². The minimum Gasteiger partial charge on any atom is -0.399 e. The Morgan fingerprint density at radius 2 is 1.79 bits per heavy atom. The molecule has 0 saturated carbocycles. The first-order valence-electron chi connectivity index (χ1n) is 10.2. The van der Waals surface area contributed by atoms with E-state index in [4.69, 9.17) is 5.73 Å². The fraction of sp³-hybridized carbons (Fsp3) is 0.240. The maximum atomic E-state index is 13.5. The number of carbonyl (C=O) groups is 1. The van der Waals surface area contributed by atoms with Crippen molar-refractivity contribution in [2.45, 2.75) is 18.4 Å². The molecule has 0 radical (unpaired) electrons. The molecule has 5 rings (SSSR count). The van der Waals surface area contributed by atoms with Crippen molar-refractivity contribution in [3.63, 3.8) is 0 Å². The van der Waals surface area contributed by atoms with Crippen molar-refractivity contribution in [1.29, 1.82) is 0 Å². The van der Waals surface area contributed by atoms with Crippen molar-refractivity contribution in [2.24, 2.45) is 5.92 Å². The van der Waals surface area contributed by atoms with Gasteiger partial charge in [0.05, 0.1) is 0 Å². The Morgan fingerprint density at radius 1 is 1.00 bits per heavy atom. The first-order chi connectivity index (χ1) is 14.2. The van der Waals surface area contributed by atoms with Gasteiger partial charge in [-0.05, 0) is 53.8 Å². The summed E-state index contributed by atoms with van der Waals surface area (Å²) in [6.07, 6.45) is 0.985. The van der Waals surface area contributed by atoms with Crippen LogP contribution in [0.2, 0.25) is 0 Å². The van der Waals surface area contributed by atoms with Crippen LogP contribution in [0.15, 0.2) is 78.9 Å². The number of hydrogen-bond acceptors (Lipinski definition) is 3. The van der Waals surface area contributed by atoms with Gasteiger partial charge in [0.2, 0.25) is 5.91 Å². The molecule has 1 unspecified atom stereocenters. The lowest BCUT2D eigenvalue weighted by molar-refractivity contribution is -0.121. The predicted molar refractivity (Wildman–Crippen MR) is 117 cm³/mol. The van der Waals surface area contributed by atoms with Gasteiger partial charge >= 0.3 is 0 Å². The van der Waals surface area contributed by atoms with E-state index in [1.54, 1.807) is 0 Å². The van der Waals surface area contributed by atoms with Crippen LogP contribution in [0.25, 0.3) is 0 Å². The van der Waals surface area contributed by atoms with E-state index in [0.29, 0.717) is 0 Å². The Kier molecular flexibility index (Phi) is 4.36. The Bertz CT molecular complexity index is 1050. The first-order valence-corrected chi connectivity index (χ1v) is 10.2. The summed E-state index contributed by atoms with van der Waals surface area (Å²) < 4.78 is 0. The maximum absolute atomic E-state index is 13.5.